The maximum Gasteiger partial charge on any atom is 0.255 e. The van der Waals surface area contributed by atoms with Crippen LogP contribution in [0.5, 0.6) is 5.88 Å². The molecule has 1 saturated carbocycles. The third kappa shape index (κ3) is 4.64. The number of nitrogens with zero attached hydrogens (tertiary/aromatic N) is 7. The molecule has 0 saturated heterocycles. The van der Waals surface area contributed by atoms with E-state index in [1.54, 1.807) is 33.9 Å². The highest BCUT2D eigenvalue weighted by molar-refractivity contribution is 6.01. The zero-order valence-electron chi connectivity index (χ0n) is 21.6. The predicted molar refractivity (Wildman–Crippen MR) is 140 cm³/mol. The van der Waals surface area contributed by atoms with Gasteiger partial charge in [0.05, 0.1) is 46.4 Å². The molecule has 1 fully saturated rings. The van der Waals surface area contributed by atoms with Gasteiger partial charge in [0, 0.05) is 30.6 Å². The van der Waals surface area contributed by atoms with Crippen molar-refractivity contribution in [3.63, 3.8) is 0 Å². The van der Waals surface area contributed by atoms with Crippen molar-refractivity contribution in [2.45, 2.75) is 44.4 Å². The molecule has 0 radical (unpaired) electrons. The Morgan fingerprint density at radius 1 is 1.08 bits per heavy atom. The summed E-state index contributed by atoms with van der Waals surface area (Å²) in [5.41, 5.74) is 1.77. The van der Waals surface area contributed by atoms with Crippen LogP contribution >= 0.6 is 0 Å². The van der Waals surface area contributed by atoms with Crippen molar-refractivity contribution in [2.24, 2.45) is 0 Å². The lowest BCUT2D eigenvalue weighted by Crippen LogP contribution is -2.35. The number of hydrogen-bond acceptors (Lipinski definition) is 7. The topological polar surface area (TPSA) is 114 Å². The maximum atomic E-state index is 14.8. The predicted octanol–water partition coefficient (Wildman–Crippen LogP) is 3.63. The van der Waals surface area contributed by atoms with Crippen molar-refractivity contribution in [1.29, 1.82) is 5.26 Å². The summed E-state index contributed by atoms with van der Waals surface area (Å²) in [6.07, 6.45) is 7.78. The zero-order chi connectivity index (χ0) is 27.1. The van der Waals surface area contributed by atoms with E-state index in [-0.39, 0.29) is 35.4 Å². The average Bonchev–Trinajstić information content (AvgIpc) is 3.69. The van der Waals surface area contributed by atoms with Gasteiger partial charge in [0.25, 0.3) is 5.91 Å². The molecule has 4 aromatic rings. The van der Waals surface area contributed by atoms with Gasteiger partial charge in [-0.3, -0.25) is 4.79 Å². The first kappa shape index (κ1) is 24.8. The Morgan fingerprint density at radius 2 is 1.87 bits per heavy atom. The van der Waals surface area contributed by atoms with Gasteiger partial charge in [-0.05, 0) is 58.0 Å². The molecule has 0 atom stereocenters. The van der Waals surface area contributed by atoms with Gasteiger partial charge in [-0.25, -0.2) is 18.7 Å². The van der Waals surface area contributed by atoms with Gasteiger partial charge >= 0.3 is 0 Å². The largest absolute Gasteiger partial charge is 0.473 e. The molecule has 0 spiro atoms. The summed E-state index contributed by atoms with van der Waals surface area (Å²) in [4.78, 5) is 19.5. The van der Waals surface area contributed by atoms with E-state index in [1.165, 1.54) is 18.2 Å². The molecule has 4 heterocycles. The van der Waals surface area contributed by atoms with Crippen LogP contribution < -0.4 is 10.1 Å². The molecule has 1 aromatic carbocycles. The molecule has 1 N–H and O–H groups in total. The second-order valence-electron chi connectivity index (χ2n) is 10.0. The molecule has 198 valence electrons. The number of halogens is 1. The highest BCUT2D eigenvalue weighted by Crippen LogP contribution is 2.31. The molecular weight excluding hydrogens is 499 g/mol. The minimum absolute atomic E-state index is 0.0873. The first-order chi connectivity index (χ1) is 18.9. The molecule has 1 aliphatic carbocycles. The van der Waals surface area contributed by atoms with Gasteiger partial charge < -0.3 is 15.0 Å². The lowest BCUT2D eigenvalue weighted by atomic mass is 9.92. The molecule has 0 bridgehead atoms. The molecule has 11 heteroatoms. The van der Waals surface area contributed by atoms with Crippen LogP contribution in [0.25, 0.3) is 22.8 Å². The Labute approximate surface area is 224 Å². The number of aromatic nitrogens is 5. The van der Waals surface area contributed by atoms with Gasteiger partial charge in [-0.1, -0.05) is 6.07 Å². The molecule has 10 nitrogen and oxygen atoms in total. The van der Waals surface area contributed by atoms with Gasteiger partial charge in [0.15, 0.2) is 5.82 Å². The molecule has 6 rings (SSSR count). The SMILES string of the molecule is CN(C)[C@H]1CC[C@H](Oc2ccn(-c3ccn(-c4cc(-c5c(F)cccc5C#N)nc5c4C(=O)NC5)n3)n2)CC1. The van der Waals surface area contributed by atoms with E-state index in [0.29, 0.717) is 34.7 Å². The van der Waals surface area contributed by atoms with E-state index in [0.717, 1.165) is 25.7 Å². The number of nitrogens with one attached hydrogen (secondary N) is 1. The lowest BCUT2D eigenvalue weighted by Gasteiger charge is -2.32. The summed E-state index contributed by atoms with van der Waals surface area (Å²) in [6.45, 7) is 0.204. The van der Waals surface area contributed by atoms with E-state index in [2.05, 4.69) is 39.5 Å². The monoisotopic (exact) mass is 526 g/mol. The van der Waals surface area contributed by atoms with Gasteiger partial charge in [0.2, 0.25) is 5.88 Å². The fraction of sp³-hybridized carbons (Fsp3) is 0.321. The molecule has 39 heavy (non-hydrogen) atoms. The third-order valence-electron chi connectivity index (χ3n) is 7.39. The summed E-state index contributed by atoms with van der Waals surface area (Å²) in [5.74, 6) is 0.206. The Hall–Kier alpha value is -4.56. The highest BCUT2D eigenvalue weighted by Gasteiger charge is 2.28. The number of fused-ring (bicyclic) bond motifs is 1. The van der Waals surface area contributed by atoms with E-state index >= 15 is 0 Å². The fourth-order valence-corrected chi connectivity index (χ4v) is 5.32. The first-order valence-electron chi connectivity index (χ1n) is 12.9. The van der Waals surface area contributed by atoms with Gasteiger partial charge in [0.1, 0.15) is 11.9 Å². The van der Waals surface area contributed by atoms with Gasteiger partial charge in [-0.2, -0.15) is 5.26 Å². The summed E-state index contributed by atoms with van der Waals surface area (Å²) in [7, 11) is 4.23. The molecule has 3 aromatic heterocycles. The van der Waals surface area contributed by atoms with Crippen LogP contribution in [-0.4, -0.2) is 61.6 Å². The lowest BCUT2D eigenvalue weighted by molar-refractivity contribution is 0.0965. The van der Waals surface area contributed by atoms with Crippen LogP contribution in [0.2, 0.25) is 0 Å². The van der Waals surface area contributed by atoms with Crippen molar-refractivity contribution in [1.82, 2.24) is 34.8 Å². The van der Waals surface area contributed by atoms with Crippen LogP contribution in [0.3, 0.4) is 0 Å². The number of amides is 1. The van der Waals surface area contributed by atoms with Crippen molar-refractivity contribution >= 4 is 5.91 Å². The summed E-state index contributed by atoms with van der Waals surface area (Å²) < 4.78 is 24.1. The quantitative estimate of drug-likeness (QED) is 0.408. The van der Waals surface area contributed by atoms with Crippen molar-refractivity contribution in [3.05, 3.63) is 71.4 Å². The molecule has 1 amide bonds. The number of carbonyl (C=O) groups excluding carboxylic acids is 1. The van der Waals surface area contributed by atoms with E-state index in [1.807, 2.05) is 12.1 Å². The number of nitriles is 1. The number of ether oxygens (including phenoxy) is 1. The fourth-order valence-electron chi connectivity index (χ4n) is 5.32. The molecule has 0 unspecified atom stereocenters. The third-order valence-corrected chi connectivity index (χ3v) is 7.39. The smallest absolute Gasteiger partial charge is 0.255 e. The van der Waals surface area contributed by atoms with E-state index in [4.69, 9.17) is 4.74 Å². The van der Waals surface area contributed by atoms with Crippen LogP contribution in [0.1, 0.15) is 47.3 Å². The highest BCUT2D eigenvalue weighted by atomic mass is 19.1. The number of carbonyl (C=O) groups is 1. The molecule has 1 aliphatic heterocycles. The van der Waals surface area contributed by atoms with Crippen molar-refractivity contribution in [2.75, 3.05) is 14.1 Å². The standard InChI is InChI=1S/C28H27FN8O2/c1-35(2)18-6-8-19(9-7-18)39-25-11-13-37(34-25)24-10-12-36(33-24)23-14-21(32-22-16-31-28(38)27(22)23)26-17(15-30)4-3-5-20(26)29/h3-5,10-14,18-19H,6-9,16H2,1-2H3,(H,31,38)/t18-,19-. The minimum Gasteiger partial charge on any atom is -0.473 e. The maximum absolute atomic E-state index is 14.8. The summed E-state index contributed by atoms with van der Waals surface area (Å²) in [5, 5.41) is 21.5. The normalized spacial score (nSPS) is 18.6. The number of pyridine rings is 1. The van der Waals surface area contributed by atoms with Crippen LogP contribution in [0.4, 0.5) is 4.39 Å². The Morgan fingerprint density at radius 3 is 2.64 bits per heavy atom. The Balaban J connectivity index is 1.29. The Kier molecular flexibility index (Phi) is 6.32. The number of benzene rings is 1. The summed E-state index contributed by atoms with van der Waals surface area (Å²) >= 11 is 0. The van der Waals surface area contributed by atoms with Crippen molar-refractivity contribution in [3.8, 4) is 34.7 Å². The number of hydrogen-bond donors (Lipinski definition) is 1. The second-order valence-corrected chi connectivity index (χ2v) is 10.0. The zero-order valence-corrected chi connectivity index (χ0v) is 21.6. The van der Waals surface area contributed by atoms with Crippen LogP contribution in [0, 0.1) is 17.1 Å². The average molecular weight is 527 g/mol. The number of rotatable bonds is 6. The Bertz CT molecular complexity index is 1590. The van der Waals surface area contributed by atoms with Crippen LogP contribution in [0.15, 0.2) is 48.8 Å². The minimum atomic E-state index is -0.565. The van der Waals surface area contributed by atoms with Crippen molar-refractivity contribution < 1.29 is 13.9 Å². The van der Waals surface area contributed by atoms with E-state index in [9.17, 15) is 14.4 Å². The molecular formula is C28H27FN8O2. The van der Waals surface area contributed by atoms with Gasteiger partial charge in [-0.15, -0.1) is 10.2 Å². The first-order valence-corrected chi connectivity index (χ1v) is 12.9. The van der Waals surface area contributed by atoms with Crippen LogP contribution in [-0.2, 0) is 6.54 Å². The van der Waals surface area contributed by atoms with E-state index < -0.39 is 5.82 Å². The second kappa shape index (κ2) is 9.96. The molecule has 2 aliphatic rings. The summed E-state index contributed by atoms with van der Waals surface area (Å²) in [6, 6.07) is 12.1.